The third kappa shape index (κ3) is 2.15. The zero-order chi connectivity index (χ0) is 17.8. The van der Waals surface area contributed by atoms with E-state index in [0.717, 1.165) is 34.9 Å². The predicted octanol–water partition coefficient (Wildman–Crippen LogP) is 5.23. The number of aromatic hydroxyl groups is 2. The summed E-state index contributed by atoms with van der Waals surface area (Å²) in [6.07, 6.45) is 12.5. The van der Waals surface area contributed by atoms with Crippen LogP contribution in [0.4, 0.5) is 0 Å². The molecule has 1 heterocycles. The maximum Gasteiger partial charge on any atom is 0.162 e. The summed E-state index contributed by atoms with van der Waals surface area (Å²) in [5.74, 6) is 0.293. The maximum atomic E-state index is 10.7. The quantitative estimate of drug-likeness (QED) is 0.584. The number of phenolic OH excluding ortho intramolecular Hbond substituents is 2. The molecule has 2 N–H and O–H groups in total. The molecule has 0 bridgehead atoms. The first kappa shape index (κ1) is 15.9. The van der Waals surface area contributed by atoms with Gasteiger partial charge in [-0.15, -0.1) is 0 Å². The van der Waals surface area contributed by atoms with Crippen molar-refractivity contribution >= 4 is 16.3 Å². The van der Waals surface area contributed by atoms with Crippen LogP contribution in [0.15, 0.2) is 48.2 Å². The molecule has 0 fully saturated rings. The molecule has 0 amide bonds. The highest BCUT2D eigenvalue weighted by Crippen LogP contribution is 2.55. The molecule has 2 aromatic rings. The van der Waals surface area contributed by atoms with Gasteiger partial charge in [-0.05, 0) is 54.3 Å². The van der Waals surface area contributed by atoms with Gasteiger partial charge in [-0.25, -0.2) is 0 Å². The van der Waals surface area contributed by atoms with Crippen LogP contribution in [0.3, 0.4) is 0 Å². The fourth-order valence-corrected chi connectivity index (χ4v) is 4.43. The number of hydrogen-bond donors (Lipinski definition) is 2. The SMILES string of the molecule is CC=CCC1CC=CC2=C1c1nccc3cc(O)c(O)c(c13)C2(C)C. The first-order valence-electron chi connectivity index (χ1n) is 8.83. The Morgan fingerprint density at radius 2 is 2.12 bits per heavy atom. The number of benzene rings is 1. The first-order valence-corrected chi connectivity index (χ1v) is 8.83. The smallest absolute Gasteiger partial charge is 0.162 e. The molecule has 0 spiro atoms. The number of rotatable bonds is 2. The second kappa shape index (κ2) is 5.48. The highest BCUT2D eigenvalue weighted by atomic mass is 16.3. The van der Waals surface area contributed by atoms with E-state index in [9.17, 15) is 10.2 Å². The van der Waals surface area contributed by atoms with Crippen molar-refractivity contribution in [3.8, 4) is 11.5 Å². The number of fused-ring (bicyclic) bond motifs is 1. The highest BCUT2D eigenvalue weighted by Gasteiger charge is 2.40. The minimum Gasteiger partial charge on any atom is -0.504 e. The van der Waals surface area contributed by atoms with Crippen molar-refractivity contribution in [1.29, 1.82) is 0 Å². The Morgan fingerprint density at radius 3 is 2.88 bits per heavy atom. The van der Waals surface area contributed by atoms with Crippen molar-refractivity contribution in [3.63, 3.8) is 0 Å². The fourth-order valence-electron chi connectivity index (χ4n) is 4.43. The second-order valence-electron chi connectivity index (χ2n) is 7.47. The Morgan fingerprint density at radius 1 is 1.32 bits per heavy atom. The van der Waals surface area contributed by atoms with Gasteiger partial charge < -0.3 is 10.2 Å². The molecule has 2 aliphatic rings. The summed E-state index contributed by atoms with van der Waals surface area (Å²) in [6.45, 7) is 6.29. The van der Waals surface area contributed by atoms with Crippen LogP contribution in [0.1, 0.15) is 44.9 Å². The van der Waals surface area contributed by atoms with Crippen LogP contribution < -0.4 is 0 Å². The van der Waals surface area contributed by atoms with Gasteiger partial charge in [0.1, 0.15) is 0 Å². The first-order chi connectivity index (χ1) is 12.0. The molecular weight excluding hydrogens is 310 g/mol. The minimum absolute atomic E-state index is 0.0257. The van der Waals surface area contributed by atoms with Gasteiger partial charge in [-0.2, -0.15) is 0 Å². The third-order valence-corrected chi connectivity index (χ3v) is 5.62. The Balaban J connectivity index is 2.10. The van der Waals surface area contributed by atoms with Crippen LogP contribution >= 0.6 is 0 Å². The van der Waals surface area contributed by atoms with Crippen LogP contribution in [0.2, 0.25) is 0 Å². The molecule has 0 saturated carbocycles. The van der Waals surface area contributed by atoms with Crippen LogP contribution in [-0.2, 0) is 5.41 Å². The van der Waals surface area contributed by atoms with E-state index in [4.69, 9.17) is 4.98 Å². The monoisotopic (exact) mass is 333 g/mol. The van der Waals surface area contributed by atoms with Crippen molar-refractivity contribution < 1.29 is 10.2 Å². The van der Waals surface area contributed by atoms with Gasteiger partial charge in [-0.3, -0.25) is 4.98 Å². The summed E-state index contributed by atoms with van der Waals surface area (Å²) in [4.78, 5) is 4.71. The molecule has 1 atom stereocenters. The summed E-state index contributed by atoms with van der Waals surface area (Å²) in [7, 11) is 0. The normalized spacial score (nSPS) is 21.2. The Kier molecular flexibility index (Phi) is 3.50. The van der Waals surface area contributed by atoms with Gasteiger partial charge in [0.2, 0.25) is 0 Å². The van der Waals surface area contributed by atoms with Crippen LogP contribution in [0, 0.1) is 5.92 Å². The summed E-state index contributed by atoms with van der Waals surface area (Å²) < 4.78 is 0. The van der Waals surface area contributed by atoms with Gasteiger partial charge in [0.25, 0.3) is 0 Å². The number of pyridine rings is 1. The average Bonchev–Trinajstić information content (AvgIpc) is 2.59. The lowest BCUT2D eigenvalue weighted by atomic mass is 9.64. The van der Waals surface area contributed by atoms with Crippen molar-refractivity contribution in [1.82, 2.24) is 4.98 Å². The van der Waals surface area contributed by atoms with Gasteiger partial charge in [0.15, 0.2) is 11.5 Å². The molecule has 4 rings (SSSR count). The van der Waals surface area contributed by atoms with Crippen LogP contribution in [0.25, 0.3) is 16.3 Å². The largest absolute Gasteiger partial charge is 0.504 e. The molecule has 25 heavy (non-hydrogen) atoms. The van der Waals surface area contributed by atoms with E-state index in [1.165, 1.54) is 11.1 Å². The zero-order valence-electron chi connectivity index (χ0n) is 14.9. The third-order valence-electron chi connectivity index (χ3n) is 5.62. The number of phenols is 2. The lowest BCUT2D eigenvalue weighted by molar-refractivity contribution is 0.393. The Labute approximate surface area is 148 Å². The Hall–Kier alpha value is -2.55. The summed E-state index contributed by atoms with van der Waals surface area (Å²) in [5.41, 5.74) is 3.82. The van der Waals surface area contributed by atoms with Crippen LogP contribution in [-0.4, -0.2) is 15.2 Å². The predicted molar refractivity (Wildman–Crippen MR) is 102 cm³/mol. The lowest BCUT2D eigenvalue weighted by Crippen LogP contribution is -2.28. The van der Waals surface area contributed by atoms with E-state index in [0.29, 0.717) is 5.92 Å². The van der Waals surface area contributed by atoms with Gasteiger partial charge in [-0.1, -0.05) is 38.2 Å². The summed E-state index contributed by atoms with van der Waals surface area (Å²) >= 11 is 0. The van der Waals surface area contributed by atoms with Crippen LogP contribution in [0.5, 0.6) is 11.5 Å². The number of aromatic nitrogens is 1. The molecule has 0 aliphatic heterocycles. The minimum atomic E-state index is -0.391. The van der Waals surface area contributed by atoms with Gasteiger partial charge in [0.05, 0.1) is 5.69 Å². The van der Waals surface area contributed by atoms with E-state index in [1.807, 2.05) is 13.0 Å². The zero-order valence-corrected chi connectivity index (χ0v) is 14.9. The molecule has 3 heteroatoms. The summed E-state index contributed by atoms with van der Waals surface area (Å²) in [6, 6.07) is 3.54. The molecule has 0 radical (unpaired) electrons. The standard InChI is InChI=1S/C22H23NO2/c1-4-5-7-13-8-6-9-15-17(13)20-18-14(10-11-23-20)12-16(24)21(25)19(18)22(15,2)3/h4-6,9-13,24-25H,7-8H2,1-3H3. The second-order valence-corrected chi connectivity index (χ2v) is 7.47. The van der Waals surface area contributed by atoms with Gasteiger partial charge in [0, 0.05) is 22.6 Å². The molecule has 1 aromatic carbocycles. The number of hydrogen-bond acceptors (Lipinski definition) is 3. The van der Waals surface area contributed by atoms with E-state index in [-0.39, 0.29) is 11.5 Å². The number of nitrogens with zero attached hydrogens (tertiary/aromatic N) is 1. The number of allylic oxidation sites excluding steroid dienone is 6. The van der Waals surface area contributed by atoms with E-state index < -0.39 is 5.41 Å². The van der Waals surface area contributed by atoms with E-state index in [1.54, 1.807) is 12.3 Å². The fraction of sp³-hybridized carbons (Fsp3) is 0.318. The average molecular weight is 333 g/mol. The molecule has 3 nitrogen and oxygen atoms in total. The molecule has 128 valence electrons. The molecule has 2 aliphatic carbocycles. The van der Waals surface area contributed by atoms with Crippen molar-refractivity contribution in [3.05, 3.63) is 59.5 Å². The highest BCUT2D eigenvalue weighted by molar-refractivity contribution is 6.02. The Bertz CT molecular complexity index is 964. The molecule has 1 aromatic heterocycles. The lowest BCUT2D eigenvalue weighted by Gasteiger charge is -2.39. The molecule has 0 saturated heterocycles. The van der Waals surface area contributed by atoms with Gasteiger partial charge >= 0.3 is 0 Å². The van der Waals surface area contributed by atoms with E-state index in [2.05, 4.69) is 38.2 Å². The van der Waals surface area contributed by atoms with Crippen molar-refractivity contribution in [2.24, 2.45) is 5.92 Å². The van der Waals surface area contributed by atoms with E-state index >= 15 is 0 Å². The van der Waals surface area contributed by atoms with Crippen molar-refractivity contribution in [2.75, 3.05) is 0 Å². The summed E-state index contributed by atoms with van der Waals surface area (Å²) in [5, 5.41) is 22.8. The maximum absolute atomic E-state index is 10.7. The van der Waals surface area contributed by atoms with Crippen molar-refractivity contribution in [2.45, 2.75) is 39.0 Å². The molecular formula is C22H23NO2. The topological polar surface area (TPSA) is 53.4 Å². The molecule has 1 unspecified atom stereocenters.